The van der Waals surface area contributed by atoms with Crippen LogP contribution in [0.1, 0.15) is 23.0 Å². The Balaban J connectivity index is 1.57. The number of morpholine rings is 1. The maximum Gasteiger partial charge on any atom is 0.259 e. The third-order valence-corrected chi connectivity index (χ3v) is 5.16. The summed E-state index contributed by atoms with van der Waals surface area (Å²) in [4.78, 5) is 21.9. The number of ether oxygens (including phenoxy) is 1. The number of aryl methyl sites for hydroxylation is 1. The van der Waals surface area contributed by atoms with Gasteiger partial charge in [0.05, 0.1) is 18.9 Å². The van der Waals surface area contributed by atoms with Gasteiger partial charge in [-0.25, -0.2) is 9.50 Å². The van der Waals surface area contributed by atoms with Gasteiger partial charge in [-0.2, -0.15) is 5.10 Å². The van der Waals surface area contributed by atoms with E-state index in [-0.39, 0.29) is 5.91 Å². The van der Waals surface area contributed by atoms with Gasteiger partial charge in [0.1, 0.15) is 5.56 Å². The van der Waals surface area contributed by atoms with Crippen molar-refractivity contribution in [3.63, 3.8) is 0 Å². The smallest absolute Gasteiger partial charge is 0.259 e. The van der Waals surface area contributed by atoms with E-state index in [1.54, 1.807) is 10.7 Å². The number of amides is 1. The normalized spacial score (nSPS) is 25.5. The molecule has 2 atom stereocenters. The second kappa shape index (κ2) is 6.14. The first kappa shape index (κ1) is 15.5. The van der Waals surface area contributed by atoms with Gasteiger partial charge in [0.2, 0.25) is 0 Å². The highest BCUT2D eigenvalue weighted by atomic mass is 16.5. The number of rotatable bonds is 2. The lowest BCUT2D eigenvalue weighted by Gasteiger charge is -2.33. The summed E-state index contributed by atoms with van der Waals surface area (Å²) >= 11 is 0. The minimum absolute atomic E-state index is 0.0452. The number of carbonyl (C=O) groups excluding carboxylic acids is 1. The Morgan fingerprint density at radius 2 is 2.08 bits per heavy atom. The average Bonchev–Trinajstić information content (AvgIpc) is 3.14. The minimum atomic E-state index is 0.0452. The van der Waals surface area contributed by atoms with Gasteiger partial charge in [-0.1, -0.05) is 6.92 Å². The molecule has 24 heavy (non-hydrogen) atoms. The van der Waals surface area contributed by atoms with Crippen LogP contribution in [0.4, 0.5) is 0 Å². The number of fused-ring (bicyclic) bond motifs is 1. The Bertz CT molecular complexity index is 753. The Labute approximate surface area is 141 Å². The SMILES string of the molecule is Cc1nn2cccnc2c1C(=O)N1C[C@H](C)[C@@H](N2CCOCC2)C1. The van der Waals surface area contributed by atoms with Crippen molar-refractivity contribution in [3.05, 3.63) is 29.7 Å². The topological polar surface area (TPSA) is 63.0 Å². The van der Waals surface area contributed by atoms with Gasteiger partial charge in [-0.15, -0.1) is 0 Å². The zero-order valence-corrected chi connectivity index (χ0v) is 14.2. The van der Waals surface area contributed by atoms with E-state index in [1.807, 2.05) is 24.1 Å². The summed E-state index contributed by atoms with van der Waals surface area (Å²) in [6.45, 7) is 9.13. The molecule has 0 aromatic carbocycles. The molecule has 2 fully saturated rings. The molecule has 2 aliphatic rings. The van der Waals surface area contributed by atoms with E-state index in [4.69, 9.17) is 4.74 Å². The predicted octanol–water partition coefficient (Wildman–Crippen LogP) is 0.830. The van der Waals surface area contributed by atoms with Crippen molar-refractivity contribution in [1.29, 1.82) is 0 Å². The second-order valence-electron chi connectivity index (χ2n) is 6.75. The van der Waals surface area contributed by atoms with Crippen LogP contribution in [0.2, 0.25) is 0 Å². The Kier molecular flexibility index (Phi) is 3.97. The molecule has 2 aromatic rings. The maximum atomic E-state index is 13.1. The number of hydrogen-bond acceptors (Lipinski definition) is 5. The summed E-state index contributed by atoms with van der Waals surface area (Å²) in [7, 11) is 0. The number of nitrogens with zero attached hydrogens (tertiary/aromatic N) is 5. The van der Waals surface area contributed by atoms with Crippen molar-refractivity contribution >= 4 is 11.6 Å². The fourth-order valence-corrected chi connectivity index (χ4v) is 3.90. The largest absolute Gasteiger partial charge is 0.379 e. The Hall–Kier alpha value is -1.99. The molecule has 4 heterocycles. The monoisotopic (exact) mass is 329 g/mol. The van der Waals surface area contributed by atoms with Gasteiger partial charge in [0, 0.05) is 44.6 Å². The molecular weight excluding hydrogens is 306 g/mol. The van der Waals surface area contributed by atoms with Gasteiger partial charge >= 0.3 is 0 Å². The van der Waals surface area contributed by atoms with Crippen molar-refractivity contribution in [1.82, 2.24) is 24.4 Å². The molecule has 4 rings (SSSR count). The molecule has 0 radical (unpaired) electrons. The van der Waals surface area contributed by atoms with Gasteiger partial charge in [-0.05, 0) is 18.9 Å². The number of carbonyl (C=O) groups is 1. The van der Waals surface area contributed by atoms with Gasteiger partial charge < -0.3 is 9.64 Å². The average molecular weight is 329 g/mol. The highest BCUT2D eigenvalue weighted by Crippen LogP contribution is 2.25. The minimum Gasteiger partial charge on any atom is -0.379 e. The van der Waals surface area contributed by atoms with Crippen LogP contribution in [0.5, 0.6) is 0 Å². The third-order valence-electron chi connectivity index (χ3n) is 5.16. The molecule has 128 valence electrons. The van der Waals surface area contributed by atoms with Gasteiger partial charge in [-0.3, -0.25) is 9.69 Å². The molecule has 0 bridgehead atoms. The van der Waals surface area contributed by atoms with E-state index in [1.165, 1.54) is 0 Å². The van der Waals surface area contributed by atoms with E-state index >= 15 is 0 Å². The standard InChI is InChI=1S/C17H23N5O2/c1-12-10-21(11-14(12)20-6-8-24-9-7-20)17(23)15-13(2)19-22-5-3-4-18-16(15)22/h3-5,12,14H,6-11H2,1-2H3/t12-,14-/m0/s1. The molecule has 2 aliphatic heterocycles. The maximum absolute atomic E-state index is 13.1. The number of hydrogen-bond donors (Lipinski definition) is 0. The molecule has 7 heteroatoms. The van der Waals surface area contributed by atoms with Crippen LogP contribution in [0, 0.1) is 12.8 Å². The molecule has 0 saturated carbocycles. The first-order chi connectivity index (χ1) is 11.6. The Morgan fingerprint density at radius 1 is 1.29 bits per heavy atom. The zero-order chi connectivity index (χ0) is 16.7. The second-order valence-corrected chi connectivity index (χ2v) is 6.75. The van der Waals surface area contributed by atoms with Crippen LogP contribution in [-0.2, 0) is 4.74 Å². The highest BCUT2D eigenvalue weighted by molar-refractivity contribution is 6.01. The number of likely N-dealkylation sites (tertiary alicyclic amines) is 1. The van der Waals surface area contributed by atoms with Crippen LogP contribution in [0.3, 0.4) is 0 Å². The summed E-state index contributed by atoms with van der Waals surface area (Å²) in [5.41, 5.74) is 2.01. The fraction of sp³-hybridized carbons (Fsp3) is 0.588. The molecule has 1 amide bonds. The van der Waals surface area contributed by atoms with E-state index in [9.17, 15) is 4.79 Å². The third kappa shape index (κ3) is 2.57. The summed E-state index contributed by atoms with van der Waals surface area (Å²) < 4.78 is 7.13. The fourth-order valence-electron chi connectivity index (χ4n) is 3.90. The van der Waals surface area contributed by atoms with Gasteiger partial charge in [0.15, 0.2) is 5.65 Å². The molecule has 2 aromatic heterocycles. The lowest BCUT2D eigenvalue weighted by molar-refractivity contribution is 0.0119. The Morgan fingerprint density at radius 3 is 2.88 bits per heavy atom. The van der Waals surface area contributed by atoms with E-state index < -0.39 is 0 Å². The first-order valence-electron chi connectivity index (χ1n) is 8.56. The van der Waals surface area contributed by atoms with Crippen LogP contribution in [0.15, 0.2) is 18.5 Å². The van der Waals surface area contributed by atoms with Crippen molar-refractivity contribution in [2.45, 2.75) is 19.9 Å². The summed E-state index contributed by atoms with van der Waals surface area (Å²) in [6, 6.07) is 2.23. The molecule has 0 spiro atoms. The van der Waals surface area contributed by atoms with Gasteiger partial charge in [0.25, 0.3) is 5.91 Å². The van der Waals surface area contributed by atoms with E-state index in [0.717, 1.165) is 45.1 Å². The molecule has 0 unspecified atom stereocenters. The molecule has 0 N–H and O–H groups in total. The highest BCUT2D eigenvalue weighted by Gasteiger charge is 2.38. The molecule has 2 saturated heterocycles. The van der Waals surface area contributed by atoms with Crippen LogP contribution < -0.4 is 0 Å². The zero-order valence-electron chi connectivity index (χ0n) is 14.2. The number of aromatic nitrogens is 3. The summed E-state index contributed by atoms with van der Waals surface area (Å²) in [5.74, 6) is 0.506. The lowest BCUT2D eigenvalue weighted by Crippen LogP contribution is -2.47. The molecule has 0 aliphatic carbocycles. The van der Waals surface area contributed by atoms with E-state index in [2.05, 4.69) is 21.9 Å². The molecular formula is C17H23N5O2. The summed E-state index contributed by atoms with van der Waals surface area (Å²) in [6.07, 6.45) is 3.53. The van der Waals surface area contributed by atoms with Crippen LogP contribution >= 0.6 is 0 Å². The lowest BCUT2D eigenvalue weighted by atomic mass is 10.0. The quantitative estimate of drug-likeness (QED) is 0.817. The van der Waals surface area contributed by atoms with Crippen LogP contribution in [-0.4, -0.2) is 75.7 Å². The van der Waals surface area contributed by atoms with E-state index in [0.29, 0.717) is 23.2 Å². The van der Waals surface area contributed by atoms with Crippen molar-refractivity contribution in [2.75, 3.05) is 39.4 Å². The van der Waals surface area contributed by atoms with Crippen molar-refractivity contribution < 1.29 is 9.53 Å². The van der Waals surface area contributed by atoms with Crippen molar-refractivity contribution in [3.8, 4) is 0 Å². The molecule has 7 nitrogen and oxygen atoms in total. The summed E-state index contributed by atoms with van der Waals surface area (Å²) in [5, 5.41) is 4.41. The van der Waals surface area contributed by atoms with Crippen molar-refractivity contribution in [2.24, 2.45) is 5.92 Å². The first-order valence-corrected chi connectivity index (χ1v) is 8.56. The predicted molar refractivity (Wildman–Crippen MR) is 89.0 cm³/mol. The van der Waals surface area contributed by atoms with Crippen LogP contribution in [0.25, 0.3) is 5.65 Å².